The Labute approximate surface area is 125 Å². The number of hydrogen-bond donors (Lipinski definition) is 1. The van der Waals surface area contributed by atoms with E-state index in [1.54, 1.807) is 24.3 Å². The Morgan fingerprint density at radius 3 is 2.45 bits per heavy atom. The van der Waals surface area contributed by atoms with Crippen LogP contribution in [0.1, 0.15) is 38.4 Å². The maximum Gasteiger partial charge on any atom is 0.264 e. The molecule has 1 aromatic carbocycles. The molecule has 22 heavy (non-hydrogen) atoms. The summed E-state index contributed by atoms with van der Waals surface area (Å²) in [5.74, 6) is -0.487. The SMILES string of the molecule is O=C1c2ccccc2C(=O)N1C1CCc2n[nH]c(=O)cc2C1. The molecule has 1 unspecified atom stereocenters. The predicted octanol–water partition coefficient (Wildman–Crippen LogP) is 0.923. The van der Waals surface area contributed by atoms with Crippen LogP contribution in [0.15, 0.2) is 35.1 Å². The highest BCUT2D eigenvalue weighted by atomic mass is 16.2. The summed E-state index contributed by atoms with van der Waals surface area (Å²) in [4.78, 5) is 37.8. The summed E-state index contributed by atoms with van der Waals surface area (Å²) in [5, 5.41) is 6.45. The van der Waals surface area contributed by atoms with Gasteiger partial charge in [0.05, 0.1) is 16.8 Å². The number of carbonyl (C=O) groups excluding carboxylic acids is 2. The van der Waals surface area contributed by atoms with Gasteiger partial charge >= 0.3 is 0 Å². The Hall–Kier alpha value is -2.76. The molecule has 0 radical (unpaired) electrons. The highest BCUT2D eigenvalue weighted by molar-refractivity contribution is 6.21. The van der Waals surface area contributed by atoms with Crippen LogP contribution in [0.25, 0.3) is 0 Å². The third-order valence-electron chi connectivity index (χ3n) is 4.34. The second-order valence-corrected chi connectivity index (χ2v) is 5.63. The number of benzene rings is 1. The second-order valence-electron chi connectivity index (χ2n) is 5.63. The van der Waals surface area contributed by atoms with Crippen molar-refractivity contribution in [2.45, 2.75) is 25.3 Å². The summed E-state index contributed by atoms with van der Waals surface area (Å²) in [6, 6.07) is 8.16. The van der Waals surface area contributed by atoms with Gasteiger partial charge in [0.2, 0.25) is 0 Å². The van der Waals surface area contributed by atoms with Gasteiger partial charge in [0.15, 0.2) is 0 Å². The molecule has 1 aromatic heterocycles. The van der Waals surface area contributed by atoms with E-state index in [1.807, 2.05) is 0 Å². The molecule has 1 N–H and O–H groups in total. The van der Waals surface area contributed by atoms with Crippen molar-refractivity contribution in [1.29, 1.82) is 0 Å². The summed E-state index contributed by atoms with van der Waals surface area (Å²) in [5.41, 5.74) is 2.32. The van der Waals surface area contributed by atoms with Crippen LogP contribution in [0.5, 0.6) is 0 Å². The van der Waals surface area contributed by atoms with Crippen molar-refractivity contribution in [3.8, 4) is 0 Å². The molecule has 2 aromatic rings. The van der Waals surface area contributed by atoms with Gasteiger partial charge in [0.1, 0.15) is 0 Å². The second kappa shape index (κ2) is 4.62. The maximum absolute atomic E-state index is 12.5. The van der Waals surface area contributed by atoms with Gasteiger partial charge in [-0.25, -0.2) is 5.10 Å². The fourth-order valence-corrected chi connectivity index (χ4v) is 3.28. The molecule has 1 aliphatic heterocycles. The lowest BCUT2D eigenvalue weighted by Gasteiger charge is -2.30. The van der Waals surface area contributed by atoms with Crippen molar-refractivity contribution in [3.63, 3.8) is 0 Å². The Morgan fingerprint density at radius 2 is 1.77 bits per heavy atom. The highest BCUT2D eigenvalue weighted by Gasteiger charge is 2.40. The van der Waals surface area contributed by atoms with E-state index in [4.69, 9.17) is 0 Å². The number of aromatic nitrogens is 2. The fraction of sp³-hybridized carbons (Fsp3) is 0.250. The molecule has 0 saturated heterocycles. The summed E-state index contributed by atoms with van der Waals surface area (Å²) in [6.45, 7) is 0. The first-order valence-corrected chi connectivity index (χ1v) is 7.19. The first-order chi connectivity index (χ1) is 10.6. The van der Waals surface area contributed by atoms with Gasteiger partial charge in [-0.15, -0.1) is 0 Å². The van der Waals surface area contributed by atoms with E-state index >= 15 is 0 Å². The molecule has 0 bridgehead atoms. The number of imide groups is 1. The van der Waals surface area contributed by atoms with Crippen molar-refractivity contribution in [1.82, 2.24) is 15.1 Å². The molecule has 0 saturated carbocycles. The van der Waals surface area contributed by atoms with E-state index < -0.39 is 0 Å². The van der Waals surface area contributed by atoms with Gasteiger partial charge in [-0.3, -0.25) is 19.3 Å². The van der Waals surface area contributed by atoms with Gasteiger partial charge < -0.3 is 0 Å². The van der Waals surface area contributed by atoms with Crippen LogP contribution in [-0.2, 0) is 12.8 Å². The zero-order valence-corrected chi connectivity index (χ0v) is 11.7. The molecule has 1 atom stereocenters. The highest BCUT2D eigenvalue weighted by Crippen LogP contribution is 2.29. The average Bonchev–Trinajstić information content (AvgIpc) is 2.79. The Balaban J connectivity index is 1.69. The minimum atomic E-state index is -0.262. The number of amides is 2. The number of hydrogen-bond acceptors (Lipinski definition) is 4. The lowest BCUT2D eigenvalue weighted by atomic mass is 9.91. The fourth-order valence-electron chi connectivity index (χ4n) is 3.28. The van der Waals surface area contributed by atoms with E-state index in [9.17, 15) is 14.4 Å². The molecule has 2 heterocycles. The van der Waals surface area contributed by atoms with Crippen LogP contribution in [0.3, 0.4) is 0 Å². The van der Waals surface area contributed by atoms with Crippen LogP contribution >= 0.6 is 0 Å². The molecule has 2 aliphatic rings. The zero-order chi connectivity index (χ0) is 15.3. The van der Waals surface area contributed by atoms with Crippen LogP contribution in [0, 0.1) is 0 Å². The standard InChI is InChI=1S/C16H13N3O3/c20-14-8-9-7-10(5-6-13(9)17-18-14)19-15(21)11-3-1-2-4-12(11)16(19)22/h1-4,8,10H,5-7H2,(H,18,20). The molecule has 0 fully saturated rings. The lowest BCUT2D eigenvalue weighted by molar-refractivity contribution is 0.0570. The Morgan fingerprint density at radius 1 is 1.09 bits per heavy atom. The normalized spacial score (nSPS) is 20.0. The van der Waals surface area contributed by atoms with E-state index in [0.29, 0.717) is 30.4 Å². The van der Waals surface area contributed by atoms with Gasteiger partial charge in [-0.05, 0) is 37.0 Å². The van der Waals surface area contributed by atoms with E-state index in [2.05, 4.69) is 10.2 Å². The molecule has 110 valence electrons. The first-order valence-electron chi connectivity index (χ1n) is 7.19. The van der Waals surface area contributed by atoms with Gasteiger partial charge in [-0.2, -0.15) is 5.10 Å². The summed E-state index contributed by atoms with van der Waals surface area (Å²) in [7, 11) is 0. The molecular weight excluding hydrogens is 282 g/mol. The number of nitrogens with zero attached hydrogens (tertiary/aromatic N) is 2. The van der Waals surface area contributed by atoms with Crippen molar-refractivity contribution in [2.24, 2.45) is 0 Å². The summed E-state index contributed by atoms with van der Waals surface area (Å²) in [6.07, 6.45) is 1.79. The minimum absolute atomic E-state index is 0.219. The molecular formula is C16H13N3O3. The number of aromatic amines is 1. The van der Waals surface area contributed by atoms with Gasteiger partial charge in [0, 0.05) is 12.1 Å². The van der Waals surface area contributed by atoms with Gasteiger partial charge in [0.25, 0.3) is 17.4 Å². The molecule has 4 rings (SSSR count). The molecule has 0 spiro atoms. The third-order valence-corrected chi connectivity index (χ3v) is 4.34. The Kier molecular flexibility index (Phi) is 2.72. The van der Waals surface area contributed by atoms with Crippen LogP contribution in [0.2, 0.25) is 0 Å². The van der Waals surface area contributed by atoms with Gasteiger partial charge in [-0.1, -0.05) is 12.1 Å². The maximum atomic E-state index is 12.5. The average molecular weight is 295 g/mol. The van der Waals surface area contributed by atoms with Crippen molar-refractivity contribution < 1.29 is 9.59 Å². The molecule has 6 heteroatoms. The van der Waals surface area contributed by atoms with Crippen LogP contribution in [-0.4, -0.2) is 33.0 Å². The third kappa shape index (κ3) is 1.80. The van der Waals surface area contributed by atoms with Crippen molar-refractivity contribution >= 4 is 11.8 Å². The van der Waals surface area contributed by atoms with E-state index in [0.717, 1.165) is 11.3 Å². The van der Waals surface area contributed by atoms with E-state index in [1.165, 1.54) is 11.0 Å². The van der Waals surface area contributed by atoms with Crippen molar-refractivity contribution in [3.05, 3.63) is 63.1 Å². The summed E-state index contributed by atoms with van der Waals surface area (Å²) >= 11 is 0. The number of aryl methyl sites for hydroxylation is 1. The topological polar surface area (TPSA) is 83.1 Å². The number of H-pyrrole nitrogens is 1. The first kappa shape index (κ1) is 12.9. The number of fused-ring (bicyclic) bond motifs is 2. The number of carbonyl (C=O) groups is 2. The predicted molar refractivity (Wildman–Crippen MR) is 77.6 cm³/mol. The number of nitrogens with one attached hydrogen (secondary N) is 1. The van der Waals surface area contributed by atoms with Crippen LogP contribution in [0.4, 0.5) is 0 Å². The smallest absolute Gasteiger partial charge is 0.264 e. The quantitative estimate of drug-likeness (QED) is 0.793. The monoisotopic (exact) mass is 295 g/mol. The molecule has 6 nitrogen and oxygen atoms in total. The molecule has 1 aliphatic carbocycles. The summed E-state index contributed by atoms with van der Waals surface area (Å²) < 4.78 is 0. The van der Waals surface area contributed by atoms with E-state index in [-0.39, 0.29) is 23.4 Å². The minimum Gasteiger partial charge on any atom is -0.271 e. The zero-order valence-electron chi connectivity index (χ0n) is 11.7. The lowest BCUT2D eigenvalue weighted by Crippen LogP contribution is -2.43. The largest absolute Gasteiger partial charge is 0.271 e. The van der Waals surface area contributed by atoms with Crippen LogP contribution < -0.4 is 5.56 Å². The van der Waals surface area contributed by atoms with Crippen molar-refractivity contribution in [2.75, 3.05) is 0 Å². The molecule has 2 amide bonds. The number of rotatable bonds is 1. The Bertz CT molecular complexity index is 821.